The molecule has 2 aliphatic heterocycles. The molecule has 23 heavy (non-hydrogen) atoms. The van der Waals surface area contributed by atoms with E-state index in [2.05, 4.69) is 22.7 Å². The molecule has 1 atom stereocenters. The van der Waals surface area contributed by atoms with Crippen LogP contribution in [0.5, 0.6) is 0 Å². The Morgan fingerprint density at radius 3 is 2.74 bits per heavy atom. The second kappa shape index (κ2) is 5.69. The molecule has 5 heteroatoms. The smallest absolute Gasteiger partial charge is 0.241 e. The normalized spacial score (nSPS) is 23.2. The second-order valence-electron chi connectivity index (χ2n) is 5.86. The SMILES string of the molecule is O=C1CC2(c3ccc(Cl)cc3)CCSc3ccccc3C2=NN1. The molecule has 3 nitrogen and oxygen atoms in total. The quantitative estimate of drug-likeness (QED) is 0.851. The van der Waals surface area contributed by atoms with Crippen LogP contribution in [0.4, 0.5) is 0 Å². The molecule has 2 aromatic rings. The zero-order valence-electron chi connectivity index (χ0n) is 12.4. The van der Waals surface area contributed by atoms with E-state index in [-0.39, 0.29) is 11.3 Å². The summed E-state index contributed by atoms with van der Waals surface area (Å²) < 4.78 is 0. The van der Waals surface area contributed by atoms with Crippen molar-refractivity contribution in [1.29, 1.82) is 0 Å². The number of hydrogen-bond donors (Lipinski definition) is 1. The first kappa shape index (κ1) is 14.8. The summed E-state index contributed by atoms with van der Waals surface area (Å²) in [6.45, 7) is 0. The molecule has 2 heterocycles. The van der Waals surface area contributed by atoms with Crippen molar-refractivity contribution in [3.05, 3.63) is 64.7 Å². The fourth-order valence-electron chi connectivity index (χ4n) is 3.42. The lowest BCUT2D eigenvalue weighted by molar-refractivity contribution is -0.122. The molecule has 1 amide bonds. The Balaban J connectivity index is 1.94. The summed E-state index contributed by atoms with van der Waals surface area (Å²) in [4.78, 5) is 13.4. The molecular weight excluding hydrogens is 328 g/mol. The van der Waals surface area contributed by atoms with Gasteiger partial charge in [0.15, 0.2) is 0 Å². The Morgan fingerprint density at radius 2 is 1.91 bits per heavy atom. The standard InChI is InChI=1S/C18H15ClN2OS/c19-13-7-5-12(6-8-13)18-9-10-23-15-4-2-1-3-14(15)17(18)21-20-16(22)11-18/h1-8H,9-11H2,(H,20,22). The molecule has 116 valence electrons. The number of fused-ring (bicyclic) bond motifs is 3. The van der Waals surface area contributed by atoms with Crippen molar-refractivity contribution in [2.75, 3.05) is 5.75 Å². The van der Waals surface area contributed by atoms with E-state index >= 15 is 0 Å². The minimum absolute atomic E-state index is 0.0342. The van der Waals surface area contributed by atoms with E-state index in [0.29, 0.717) is 11.4 Å². The highest BCUT2D eigenvalue weighted by Gasteiger charge is 2.44. The van der Waals surface area contributed by atoms with Gasteiger partial charge in [0.2, 0.25) is 5.91 Å². The van der Waals surface area contributed by atoms with Crippen LogP contribution >= 0.6 is 23.4 Å². The largest absolute Gasteiger partial charge is 0.273 e. The molecule has 0 bridgehead atoms. The number of rotatable bonds is 1. The van der Waals surface area contributed by atoms with Crippen LogP contribution in [-0.4, -0.2) is 17.4 Å². The van der Waals surface area contributed by atoms with Crippen LogP contribution in [0.2, 0.25) is 5.02 Å². The first-order valence-corrected chi connectivity index (χ1v) is 8.91. The average molecular weight is 343 g/mol. The highest BCUT2D eigenvalue weighted by Crippen LogP contribution is 2.44. The Bertz CT molecular complexity index is 803. The predicted octanol–water partition coefficient (Wildman–Crippen LogP) is 4.00. The summed E-state index contributed by atoms with van der Waals surface area (Å²) in [7, 11) is 0. The number of hydrazone groups is 1. The van der Waals surface area contributed by atoms with Gasteiger partial charge in [-0.1, -0.05) is 41.9 Å². The molecule has 2 aliphatic rings. The molecule has 1 N–H and O–H groups in total. The predicted molar refractivity (Wildman–Crippen MR) is 94.2 cm³/mol. The number of thioether (sulfide) groups is 1. The molecule has 0 aromatic heterocycles. The number of benzene rings is 2. The minimum atomic E-state index is -0.382. The van der Waals surface area contributed by atoms with E-state index in [1.807, 2.05) is 48.2 Å². The summed E-state index contributed by atoms with van der Waals surface area (Å²) in [6.07, 6.45) is 1.29. The third-order valence-corrected chi connectivity index (χ3v) is 5.86. The minimum Gasteiger partial charge on any atom is -0.273 e. The van der Waals surface area contributed by atoms with Gasteiger partial charge in [-0.3, -0.25) is 4.79 Å². The van der Waals surface area contributed by atoms with Crippen LogP contribution in [0.3, 0.4) is 0 Å². The molecule has 0 saturated heterocycles. The monoisotopic (exact) mass is 342 g/mol. The summed E-state index contributed by atoms with van der Waals surface area (Å²) in [5, 5.41) is 5.18. The van der Waals surface area contributed by atoms with Gasteiger partial charge in [0.1, 0.15) is 0 Å². The molecule has 4 rings (SSSR count). The first-order valence-electron chi connectivity index (χ1n) is 7.54. The van der Waals surface area contributed by atoms with E-state index in [1.54, 1.807) is 0 Å². The van der Waals surface area contributed by atoms with Crippen molar-refractivity contribution in [2.45, 2.75) is 23.2 Å². The van der Waals surface area contributed by atoms with Gasteiger partial charge >= 0.3 is 0 Å². The highest BCUT2D eigenvalue weighted by atomic mass is 35.5. The molecule has 0 saturated carbocycles. The van der Waals surface area contributed by atoms with Crippen molar-refractivity contribution >= 4 is 35.0 Å². The Hall–Kier alpha value is -1.78. The van der Waals surface area contributed by atoms with Gasteiger partial charge in [-0.15, -0.1) is 11.8 Å². The molecule has 0 spiro atoms. The van der Waals surface area contributed by atoms with Crippen LogP contribution in [0.25, 0.3) is 0 Å². The fourth-order valence-corrected chi connectivity index (χ4v) is 4.71. The Morgan fingerprint density at radius 1 is 1.13 bits per heavy atom. The number of amides is 1. The van der Waals surface area contributed by atoms with Crippen molar-refractivity contribution in [1.82, 2.24) is 5.43 Å². The van der Waals surface area contributed by atoms with Crippen LogP contribution < -0.4 is 5.43 Å². The van der Waals surface area contributed by atoms with Gasteiger partial charge in [-0.05, 0) is 35.9 Å². The number of carbonyl (C=O) groups excluding carboxylic acids is 1. The second-order valence-corrected chi connectivity index (χ2v) is 7.43. The topological polar surface area (TPSA) is 41.5 Å². The van der Waals surface area contributed by atoms with Gasteiger partial charge < -0.3 is 0 Å². The molecule has 0 radical (unpaired) electrons. The number of carbonyl (C=O) groups is 1. The molecule has 0 fully saturated rings. The molecular formula is C18H15ClN2OS. The van der Waals surface area contributed by atoms with E-state index in [4.69, 9.17) is 11.6 Å². The van der Waals surface area contributed by atoms with Gasteiger partial charge in [0.25, 0.3) is 0 Å². The lowest BCUT2D eigenvalue weighted by Gasteiger charge is -2.36. The molecule has 1 unspecified atom stereocenters. The van der Waals surface area contributed by atoms with Crippen molar-refractivity contribution in [3.63, 3.8) is 0 Å². The third-order valence-electron chi connectivity index (χ3n) is 4.53. The fraction of sp³-hybridized carbons (Fsp3) is 0.222. The lowest BCUT2D eigenvalue weighted by Crippen LogP contribution is -2.46. The Labute approximate surface area is 144 Å². The van der Waals surface area contributed by atoms with Crippen LogP contribution in [0.1, 0.15) is 24.0 Å². The first-order chi connectivity index (χ1) is 11.2. The summed E-state index contributed by atoms with van der Waals surface area (Å²) >= 11 is 7.88. The third kappa shape index (κ3) is 2.46. The highest BCUT2D eigenvalue weighted by molar-refractivity contribution is 7.99. The van der Waals surface area contributed by atoms with Gasteiger partial charge in [0.05, 0.1) is 5.71 Å². The van der Waals surface area contributed by atoms with Gasteiger partial charge in [-0.2, -0.15) is 5.10 Å². The molecule has 0 aliphatic carbocycles. The van der Waals surface area contributed by atoms with Crippen LogP contribution in [0, 0.1) is 0 Å². The van der Waals surface area contributed by atoms with Crippen molar-refractivity contribution < 1.29 is 4.79 Å². The van der Waals surface area contributed by atoms with Crippen LogP contribution in [-0.2, 0) is 10.2 Å². The van der Waals surface area contributed by atoms with E-state index < -0.39 is 0 Å². The summed E-state index contributed by atoms with van der Waals surface area (Å²) in [5.41, 5.74) is 5.47. The zero-order chi connectivity index (χ0) is 15.9. The molecule has 2 aromatic carbocycles. The van der Waals surface area contributed by atoms with E-state index in [0.717, 1.165) is 29.0 Å². The number of halogens is 1. The lowest BCUT2D eigenvalue weighted by atomic mass is 9.69. The Kier molecular flexibility index (Phi) is 3.66. The number of hydrogen-bond acceptors (Lipinski definition) is 3. The maximum Gasteiger partial charge on any atom is 0.241 e. The number of nitrogens with zero attached hydrogens (tertiary/aromatic N) is 1. The zero-order valence-corrected chi connectivity index (χ0v) is 14.0. The van der Waals surface area contributed by atoms with Gasteiger partial charge in [0, 0.05) is 27.3 Å². The summed E-state index contributed by atoms with van der Waals surface area (Å²) in [6, 6.07) is 16.1. The van der Waals surface area contributed by atoms with Crippen molar-refractivity contribution in [3.8, 4) is 0 Å². The maximum absolute atomic E-state index is 12.1. The van der Waals surface area contributed by atoms with E-state index in [9.17, 15) is 4.79 Å². The average Bonchev–Trinajstić information content (AvgIpc) is 2.72. The summed E-state index contributed by atoms with van der Waals surface area (Å²) in [5.74, 6) is 0.916. The maximum atomic E-state index is 12.1. The number of nitrogens with one attached hydrogen (secondary N) is 1. The van der Waals surface area contributed by atoms with Gasteiger partial charge in [-0.25, -0.2) is 5.43 Å². The van der Waals surface area contributed by atoms with Crippen LogP contribution in [0.15, 0.2) is 58.5 Å². The van der Waals surface area contributed by atoms with E-state index in [1.165, 1.54) is 4.90 Å². The van der Waals surface area contributed by atoms with Crippen molar-refractivity contribution in [2.24, 2.45) is 5.10 Å².